The Morgan fingerprint density at radius 1 is 1.29 bits per heavy atom. The quantitative estimate of drug-likeness (QED) is 0.250. The van der Waals surface area contributed by atoms with Crippen molar-refractivity contribution in [3.05, 3.63) is 0 Å². The molecule has 5 nitrogen and oxygen atoms in total. The Morgan fingerprint density at radius 3 is 2.81 bits per heavy atom. The van der Waals surface area contributed by atoms with Crippen LogP contribution in [0, 0.1) is 0 Å². The van der Waals surface area contributed by atoms with E-state index in [1.165, 1.54) is 19.3 Å². The van der Waals surface area contributed by atoms with Crippen molar-refractivity contribution in [2.24, 2.45) is 4.99 Å². The number of nitrogens with one attached hydrogen (secondary N) is 2. The summed E-state index contributed by atoms with van der Waals surface area (Å²) in [7, 11) is 0. The van der Waals surface area contributed by atoms with Crippen molar-refractivity contribution in [2.75, 3.05) is 39.5 Å². The summed E-state index contributed by atoms with van der Waals surface area (Å²) in [6.45, 7) is 9.14. The maximum absolute atomic E-state index is 5.62. The van der Waals surface area contributed by atoms with Gasteiger partial charge in [-0.2, -0.15) is 0 Å². The van der Waals surface area contributed by atoms with Gasteiger partial charge >= 0.3 is 0 Å². The summed E-state index contributed by atoms with van der Waals surface area (Å²) >= 11 is 0. The average Bonchev–Trinajstić information content (AvgIpc) is 2.96. The summed E-state index contributed by atoms with van der Waals surface area (Å²) < 4.78 is 11.1. The smallest absolute Gasteiger partial charge is 0.191 e. The van der Waals surface area contributed by atoms with Crippen LogP contribution in [0.25, 0.3) is 0 Å². The Bertz CT molecular complexity index is 259. The number of hydrogen-bond acceptors (Lipinski definition) is 3. The lowest BCUT2D eigenvalue weighted by Crippen LogP contribution is -2.39. The van der Waals surface area contributed by atoms with Gasteiger partial charge in [0.2, 0.25) is 0 Å². The number of halogens is 1. The number of nitrogens with zero attached hydrogens (tertiary/aromatic N) is 1. The lowest BCUT2D eigenvalue weighted by Gasteiger charge is -2.13. The van der Waals surface area contributed by atoms with Gasteiger partial charge in [0.15, 0.2) is 5.96 Å². The molecule has 1 aliphatic rings. The zero-order chi connectivity index (χ0) is 14.5. The van der Waals surface area contributed by atoms with E-state index in [-0.39, 0.29) is 24.0 Å². The van der Waals surface area contributed by atoms with E-state index in [4.69, 9.17) is 9.47 Å². The molecule has 0 aliphatic carbocycles. The Balaban J connectivity index is 0.00000400. The molecule has 1 heterocycles. The summed E-state index contributed by atoms with van der Waals surface area (Å²) in [5, 5.41) is 6.55. The lowest BCUT2D eigenvalue weighted by atomic mass is 10.2. The topological polar surface area (TPSA) is 54.9 Å². The van der Waals surface area contributed by atoms with Gasteiger partial charge in [0.1, 0.15) is 0 Å². The molecule has 126 valence electrons. The highest BCUT2D eigenvalue weighted by atomic mass is 127. The average molecular weight is 413 g/mol. The molecule has 1 aliphatic heterocycles. The molecule has 1 atom stereocenters. The van der Waals surface area contributed by atoms with E-state index < -0.39 is 0 Å². The van der Waals surface area contributed by atoms with Crippen molar-refractivity contribution in [1.29, 1.82) is 0 Å². The summed E-state index contributed by atoms with van der Waals surface area (Å²) in [6, 6.07) is 0. The Morgan fingerprint density at radius 2 is 2.14 bits per heavy atom. The van der Waals surface area contributed by atoms with Gasteiger partial charge in [0.25, 0.3) is 0 Å². The van der Waals surface area contributed by atoms with Crippen LogP contribution in [0.4, 0.5) is 0 Å². The van der Waals surface area contributed by atoms with Crippen molar-refractivity contribution in [3.8, 4) is 0 Å². The second kappa shape index (κ2) is 14.8. The number of ether oxygens (including phenoxy) is 2. The van der Waals surface area contributed by atoms with E-state index in [0.717, 1.165) is 45.0 Å². The summed E-state index contributed by atoms with van der Waals surface area (Å²) in [5.74, 6) is 0.893. The molecule has 0 amide bonds. The fraction of sp³-hybridized carbons (Fsp3) is 0.933. The van der Waals surface area contributed by atoms with Gasteiger partial charge in [-0.05, 0) is 26.2 Å². The minimum atomic E-state index is 0. The van der Waals surface area contributed by atoms with Crippen molar-refractivity contribution in [3.63, 3.8) is 0 Å². The standard InChI is InChI=1S/C15H31N3O2.HI/c1-3-5-6-9-17-15(16-4-2)18-10-12-19-13-14-8-7-11-20-14;/h14H,3-13H2,1-2H3,(H2,16,17,18);1H. The van der Waals surface area contributed by atoms with Crippen molar-refractivity contribution >= 4 is 29.9 Å². The Kier molecular flexibility index (Phi) is 14.8. The molecule has 1 saturated heterocycles. The fourth-order valence-electron chi connectivity index (χ4n) is 2.13. The summed E-state index contributed by atoms with van der Waals surface area (Å²) in [6.07, 6.45) is 6.24. The number of guanidine groups is 1. The van der Waals surface area contributed by atoms with E-state index in [9.17, 15) is 0 Å². The van der Waals surface area contributed by atoms with Gasteiger partial charge in [-0.1, -0.05) is 19.8 Å². The van der Waals surface area contributed by atoms with Crippen LogP contribution in [0.3, 0.4) is 0 Å². The molecule has 0 spiro atoms. The van der Waals surface area contributed by atoms with E-state index >= 15 is 0 Å². The van der Waals surface area contributed by atoms with Crippen molar-refractivity contribution in [1.82, 2.24) is 10.6 Å². The minimum Gasteiger partial charge on any atom is -0.377 e. The Hall–Kier alpha value is -0.0800. The Labute approximate surface area is 146 Å². The first-order valence-electron chi connectivity index (χ1n) is 8.08. The minimum absolute atomic E-state index is 0. The van der Waals surface area contributed by atoms with Gasteiger partial charge in [0, 0.05) is 26.2 Å². The maximum Gasteiger partial charge on any atom is 0.191 e. The van der Waals surface area contributed by atoms with Crippen LogP contribution < -0.4 is 10.6 Å². The highest BCUT2D eigenvalue weighted by molar-refractivity contribution is 14.0. The molecular formula is C15H32IN3O2. The van der Waals surface area contributed by atoms with E-state index in [2.05, 4.69) is 29.5 Å². The van der Waals surface area contributed by atoms with E-state index in [0.29, 0.717) is 19.3 Å². The van der Waals surface area contributed by atoms with Gasteiger partial charge in [-0.15, -0.1) is 24.0 Å². The predicted octanol–water partition coefficient (Wildman–Crippen LogP) is 2.55. The van der Waals surface area contributed by atoms with Crippen LogP contribution in [0.2, 0.25) is 0 Å². The van der Waals surface area contributed by atoms with Crippen molar-refractivity contribution in [2.45, 2.75) is 52.1 Å². The zero-order valence-electron chi connectivity index (χ0n) is 13.5. The third-order valence-corrected chi connectivity index (χ3v) is 3.24. The third kappa shape index (κ3) is 11.2. The number of rotatable bonds is 10. The highest BCUT2D eigenvalue weighted by Gasteiger charge is 2.14. The maximum atomic E-state index is 5.62. The normalized spacial score (nSPS) is 18.4. The van der Waals surface area contributed by atoms with Gasteiger partial charge in [-0.25, -0.2) is 0 Å². The fourth-order valence-corrected chi connectivity index (χ4v) is 2.13. The summed E-state index contributed by atoms with van der Waals surface area (Å²) in [5.41, 5.74) is 0. The molecule has 0 aromatic carbocycles. The lowest BCUT2D eigenvalue weighted by molar-refractivity contribution is 0.0191. The van der Waals surface area contributed by atoms with Gasteiger partial charge < -0.3 is 20.1 Å². The van der Waals surface area contributed by atoms with Crippen LogP contribution in [0.1, 0.15) is 46.0 Å². The molecule has 0 saturated carbocycles. The van der Waals surface area contributed by atoms with Crippen LogP contribution in [0.15, 0.2) is 4.99 Å². The molecule has 21 heavy (non-hydrogen) atoms. The first-order valence-corrected chi connectivity index (χ1v) is 8.08. The first-order chi connectivity index (χ1) is 9.86. The zero-order valence-corrected chi connectivity index (χ0v) is 15.9. The van der Waals surface area contributed by atoms with Gasteiger partial charge in [-0.3, -0.25) is 4.99 Å². The molecule has 2 N–H and O–H groups in total. The van der Waals surface area contributed by atoms with Crippen LogP contribution in [-0.4, -0.2) is 51.5 Å². The number of aliphatic imine (C=N–C) groups is 1. The van der Waals surface area contributed by atoms with E-state index in [1.54, 1.807) is 0 Å². The second-order valence-electron chi connectivity index (χ2n) is 5.10. The van der Waals surface area contributed by atoms with Crippen LogP contribution in [0.5, 0.6) is 0 Å². The molecule has 1 fully saturated rings. The monoisotopic (exact) mass is 413 g/mol. The molecule has 6 heteroatoms. The molecule has 0 bridgehead atoms. The molecule has 1 rings (SSSR count). The van der Waals surface area contributed by atoms with Crippen LogP contribution in [-0.2, 0) is 9.47 Å². The molecular weight excluding hydrogens is 381 g/mol. The molecule has 1 unspecified atom stereocenters. The van der Waals surface area contributed by atoms with Crippen molar-refractivity contribution < 1.29 is 9.47 Å². The number of hydrogen-bond donors (Lipinski definition) is 2. The second-order valence-corrected chi connectivity index (χ2v) is 5.10. The van der Waals surface area contributed by atoms with Crippen LogP contribution >= 0.6 is 24.0 Å². The third-order valence-electron chi connectivity index (χ3n) is 3.24. The summed E-state index contributed by atoms with van der Waals surface area (Å²) in [4.78, 5) is 4.54. The largest absolute Gasteiger partial charge is 0.377 e. The molecule has 0 aromatic rings. The highest BCUT2D eigenvalue weighted by Crippen LogP contribution is 2.11. The molecule has 0 radical (unpaired) electrons. The molecule has 0 aromatic heterocycles. The van der Waals surface area contributed by atoms with E-state index in [1.807, 2.05) is 0 Å². The van der Waals surface area contributed by atoms with Gasteiger partial charge in [0.05, 0.1) is 19.3 Å². The SMILES string of the molecule is CCCCCN=C(NCC)NCCOCC1CCCO1.I. The first kappa shape index (κ1) is 20.9. The number of unbranched alkanes of at least 4 members (excludes halogenated alkanes) is 2. The predicted molar refractivity (Wildman–Crippen MR) is 98.7 cm³/mol.